The molecule has 0 saturated heterocycles. The quantitative estimate of drug-likeness (QED) is 0.503. The summed E-state index contributed by atoms with van der Waals surface area (Å²) in [6.07, 6.45) is 5.06. The number of carbonyl (C=O) groups is 1. The number of rotatable bonds is 6. The topological polar surface area (TPSA) is 80.0 Å². The van der Waals surface area contributed by atoms with Crippen LogP contribution in [0.15, 0.2) is 83.7 Å². The number of aromatic nitrogens is 2. The highest BCUT2D eigenvalue weighted by Gasteiger charge is 2.11. The molecule has 4 rings (SSSR count). The normalized spacial score (nSPS) is 10.5. The fourth-order valence-electron chi connectivity index (χ4n) is 2.87. The second-order valence-corrected chi connectivity index (χ2v) is 6.59. The van der Waals surface area contributed by atoms with Crippen molar-refractivity contribution in [2.24, 2.45) is 0 Å². The molecule has 0 unspecified atom stereocenters. The van der Waals surface area contributed by atoms with E-state index in [0.29, 0.717) is 23.9 Å². The molecular weight excluding hydrogens is 364 g/mol. The van der Waals surface area contributed by atoms with Crippen molar-refractivity contribution in [1.29, 1.82) is 0 Å². The van der Waals surface area contributed by atoms with Gasteiger partial charge < -0.3 is 15.1 Å². The molecule has 0 aliphatic heterocycles. The maximum absolute atomic E-state index is 12.5. The summed E-state index contributed by atoms with van der Waals surface area (Å²) >= 11 is 0. The summed E-state index contributed by atoms with van der Waals surface area (Å²) in [6.45, 7) is 2.44. The van der Waals surface area contributed by atoms with Gasteiger partial charge in [-0.1, -0.05) is 36.4 Å². The van der Waals surface area contributed by atoms with Gasteiger partial charge in [-0.2, -0.15) is 0 Å². The Bertz CT molecular complexity index is 1110. The number of benzene rings is 2. The van der Waals surface area contributed by atoms with Gasteiger partial charge in [0.05, 0.1) is 6.20 Å². The Morgan fingerprint density at radius 3 is 2.62 bits per heavy atom. The number of carbonyl (C=O) groups excluding carboxylic acids is 1. The molecule has 29 heavy (non-hydrogen) atoms. The maximum atomic E-state index is 12.5. The highest BCUT2D eigenvalue weighted by molar-refractivity contribution is 5.95. The van der Waals surface area contributed by atoms with E-state index in [1.807, 2.05) is 55.5 Å². The third-order valence-electron chi connectivity index (χ3n) is 4.51. The summed E-state index contributed by atoms with van der Waals surface area (Å²) in [4.78, 5) is 20.8. The summed E-state index contributed by atoms with van der Waals surface area (Å²) < 4.78 is 5.78. The van der Waals surface area contributed by atoms with Crippen molar-refractivity contribution in [1.82, 2.24) is 15.3 Å². The second kappa shape index (κ2) is 8.39. The van der Waals surface area contributed by atoms with Crippen LogP contribution < -0.4 is 10.6 Å². The van der Waals surface area contributed by atoms with Crippen LogP contribution in [0.2, 0.25) is 0 Å². The number of nitrogens with zero attached hydrogens (tertiary/aromatic N) is 2. The van der Waals surface area contributed by atoms with Crippen LogP contribution >= 0.6 is 0 Å². The first-order valence-electron chi connectivity index (χ1n) is 9.25. The lowest BCUT2D eigenvalue weighted by molar-refractivity contribution is 0.0951. The number of pyridine rings is 1. The zero-order chi connectivity index (χ0) is 20.1. The van der Waals surface area contributed by atoms with Gasteiger partial charge in [0.1, 0.15) is 0 Å². The molecule has 0 aliphatic carbocycles. The van der Waals surface area contributed by atoms with Crippen LogP contribution in [0.4, 0.5) is 11.7 Å². The lowest BCUT2D eigenvalue weighted by Crippen LogP contribution is -2.22. The van der Waals surface area contributed by atoms with Crippen LogP contribution in [-0.4, -0.2) is 15.9 Å². The van der Waals surface area contributed by atoms with Gasteiger partial charge in [0.15, 0.2) is 5.76 Å². The molecule has 6 heteroatoms. The van der Waals surface area contributed by atoms with Crippen LogP contribution in [0.25, 0.3) is 11.3 Å². The van der Waals surface area contributed by atoms with Crippen LogP contribution in [0, 0.1) is 6.92 Å². The second-order valence-electron chi connectivity index (χ2n) is 6.59. The van der Waals surface area contributed by atoms with E-state index in [4.69, 9.17) is 4.42 Å². The van der Waals surface area contributed by atoms with E-state index >= 15 is 0 Å². The van der Waals surface area contributed by atoms with Crippen molar-refractivity contribution in [3.63, 3.8) is 0 Å². The Labute approximate surface area is 168 Å². The summed E-state index contributed by atoms with van der Waals surface area (Å²) in [6, 6.07) is 19.4. The van der Waals surface area contributed by atoms with E-state index in [2.05, 4.69) is 20.6 Å². The predicted molar refractivity (Wildman–Crippen MR) is 112 cm³/mol. The Kier molecular flexibility index (Phi) is 5.33. The molecule has 6 nitrogen and oxygen atoms in total. The monoisotopic (exact) mass is 384 g/mol. The Morgan fingerprint density at radius 2 is 1.83 bits per heavy atom. The van der Waals surface area contributed by atoms with Crippen molar-refractivity contribution < 1.29 is 9.21 Å². The molecule has 2 aromatic carbocycles. The van der Waals surface area contributed by atoms with Crippen molar-refractivity contribution in [3.05, 3.63) is 95.9 Å². The predicted octanol–water partition coefficient (Wildman–Crippen LogP) is 4.72. The van der Waals surface area contributed by atoms with Crippen molar-refractivity contribution >= 4 is 17.6 Å². The van der Waals surface area contributed by atoms with E-state index in [9.17, 15) is 4.79 Å². The summed E-state index contributed by atoms with van der Waals surface area (Å²) in [5, 5.41) is 6.10. The molecule has 0 atom stereocenters. The van der Waals surface area contributed by atoms with Crippen LogP contribution in [0.3, 0.4) is 0 Å². The molecule has 2 N–H and O–H groups in total. The lowest BCUT2D eigenvalue weighted by Gasteiger charge is -2.10. The van der Waals surface area contributed by atoms with Crippen molar-refractivity contribution in [2.45, 2.75) is 13.5 Å². The summed E-state index contributed by atoms with van der Waals surface area (Å²) in [5.41, 5.74) is 4.25. The van der Waals surface area contributed by atoms with E-state index < -0.39 is 0 Å². The molecule has 2 aromatic heterocycles. The fourth-order valence-corrected chi connectivity index (χ4v) is 2.87. The number of hydrogen-bond donors (Lipinski definition) is 2. The number of aryl methyl sites for hydroxylation is 1. The van der Waals surface area contributed by atoms with Gasteiger partial charge in [-0.25, -0.2) is 4.98 Å². The van der Waals surface area contributed by atoms with E-state index in [0.717, 1.165) is 22.4 Å². The van der Waals surface area contributed by atoms with E-state index in [1.165, 1.54) is 0 Å². The molecule has 4 aromatic rings. The van der Waals surface area contributed by atoms with Gasteiger partial charge in [-0.15, -0.1) is 0 Å². The van der Waals surface area contributed by atoms with Crippen LogP contribution in [0.5, 0.6) is 0 Å². The maximum Gasteiger partial charge on any atom is 0.299 e. The van der Waals surface area contributed by atoms with Crippen LogP contribution in [-0.2, 0) is 6.54 Å². The molecule has 0 spiro atoms. The van der Waals surface area contributed by atoms with Crippen molar-refractivity contribution in [2.75, 3.05) is 5.32 Å². The minimum absolute atomic E-state index is 0.137. The average Bonchev–Trinajstić information content (AvgIpc) is 3.23. The third-order valence-corrected chi connectivity index (χ3v) is 4.51. The number of hydrogen-bond acceptors (Lipinski definition) is 5. The van der Waals surface area contributed by atoms with E-state index in [1.54, 1.807) is 30.7 Å². The number of nitrogens with one attached hydrogen (secondary N) is 2. The molecule has 0 fully saturated rings. The largest absolute Gasteiger partial charge is 0.423 e. The smallest absolute Gasteiger partial charge is 0.299 e. The molecule has 0 aliphatic rings. The molecule has 0 bridgehead atoms. The standard InChI is InChI=1S/C23H20N4O2/c1-16-7-8-19(22(28)25-14-17-5-3-2-4-6-17)13-20(16)27-23-26-15-21(29-23)18-9-11-24-12-10-18/h2-13,15H,14H2,1H3,(H,25,28)(H,26,27). The summed E-state index contributed by atoms with van der Waals surface area (Å²) in [7, 11) is 0. The molecular formula is C23H20N4O2. The third kappa shape index (κ3) is 4.50. The van der Waals surface area contributed by atoms with Crippen molar-refractivity contribution in [3.8, 4) is 11.3 Å². The minimum atomic E-state index is -0.137. The fraction of sp³-hybridized carbons (Fsp3) is 0.0870. The Hall–Kier alpha value is -3.93. The van der Waals surface area contributed by atoms with Gasteiger partial charge in [0.2, 0.25) is 0 Å². The first-order chi connectivity index (χ1) is 14.2. The molecule has 1 amide bonds. The molecule has 144 valence electrons. The van der Waals surface area contributed by atoms with Crippen LogP contribution in [0.1, 0.15) is 21.5 Å². The average molecular weight is 384 g/mol. The van der Waals surface area contributed by atoms with Gasteiger partial charge >= 0.3 is 0 Å². The van der Waals surface area contributed by atoms with Gasteiger partial charge in [-0.05, 0) is 42.3 Å². The Balaban J connectivity index is 1.47. The molecule has 0 radical (unpaired) electrons. The zero-order valence-corrected chi connectivity index (χ0v) is 15.9. The van der Waals surface area contributed by atoms with Gasteiger partial charge in [0.25, 0.3) is 11.9 Å². The number of anilines is 2. The highest BCUT2D eigenvalue weighted by atomic mass is 16.4. The van der Waals surface area contributed by atoms with E-state index in [-0.39, 0.29) is 5.91 Å². The highest BCUT2D eigenvalue weighted by Crippen LogP contribution is 2.26. The number of amides is 1. The lowest BCUT2D eigenvalue weighted by atomic mass is 10.1. The zero-order valence-electron chi connectivity index (χ0n) is 15.9. The molecule has 2 heterocycles. The first kappa shape index (κ1) is 18.4. The molecule has 0 saturated carbocycles. The first-order valence-corrected chi connectivity index (χ1v) is 9.25. The number of oxazole rings is 1. The minimum Gasteiger partial charge on any atom is -0.423 e. The summed E-state index contributed by atoms with van der Waals surface area (Å²) in [5.74, 6) is 0.506. The van der Waals surface area contributed by atoms with Gasteiger partial charge in [-0.3, -0.25) is 9.78 Å². The Morgan fingerprint density at radius 1 is 1.03 bits per heavy atom. The SMILES string of the molecule is Cc1ccc(C(=O)NCc2ccccc2)cc1Nc1ncc(-c2ccncc2)o1. The van der Waals surface area contributed by atoms with Gasteiger partial charge in [0, 0.05) is 35.8 Å².